The monoisotopic (exact) mass is 778 g/mol. The van der Waals surface area contributed by atoms with Gasteiger partial charge in [0.15, 0.2) is 17.4 Å². The van der Waals surface area contributed by atoms with Crippen molar-refractivity contribution < 1.29 is 36.3 Å². The normalized spacial score (nSPS) is 14.6. The number of hydrogen-bond acceptors (Lipinski definition) is 8. The standard InChI is InChI=1S/C29H25ClF5N9O2.C5H12.CH3NO/c1-39-27(38)44(25(45)17-4-2-16(3-5-17)19-12-40-23(11-36)41-13-19)22(14-46-28(8-9-28)29(33,34)35)18-6-7-21(30)20(10-18)24(42-15-37)43-26(31)32;1-5(2,3)4;2-1-3/h2-7,10,12-13,15,22,26H,8-9,14H2,1H3,(H2,38,39)(H2,37,42,43);1-4H3;1H,(H2,2,3). The topological polar surface area (TPSA) is 211 Å². The second kappa shape index (κ2) is 19.5. The number of aliphatic imine (C=N–C) groups is 3. The highest BCUT2D eigenvalue weighted by atomic mass is 35.5. The van der Waals surface area contributed by atoms with E-state index in [0.717, 1.165) is 11.2 Å². The molecule has 290 valence electrons. The molecule has 13 nitrogen and oxygen atoms in total. The molecule has 0 spiro atoms. The molecule has 1 unspecified atom stereocenters. The molecule has 1 heterocycles. The lowest BCUT2D eigenvalue weighted by Crippen LogP contribution is -2.47. The SMILES string of the molecule is CC(C)(C)C.CN=C(N)N(C(=O)c1ccc(-c2cnc(C#N)nc2)cc1)C(COC1(C(F)(F)F)CC1)c1ccc(Cl)c(/C(N=CN)=N\C(F)F)c1.NC=O. The van der Waals surface area contributed by atoms with Gasteiger partial charge >= 0.3 is 12.7 Å². The molecule has 2 amide bonds. The van der Waals surface area contributed by atoms with Crippen LogP contribution in [0.5, 0.6) is 0 Å². The van der Waals surface area contributed by atoms with Crippen molar-refractivity contribution in [2.45, 2.75) is 64.9 Å². The van der Waals surface area contributed by atoms with E-state index in [9.17, 15) is 26.7 Å². The van der Waals surface area contributed by atoms with Gasteiger partial charge in [0.25, 0.3) is 5.91 Å². The molecule has 54 heavy (non-hydrogen) atoms. The number of primary amides is 1. The van der Waals surface area contributed by atoms with Crippen LogP contribution in [-0.4, -0.2) is 77.3 Å². The molecule has 1 saturated carbocycles. The summed E-state index contributed by atoms with van der Waals surface area (Å²) in [4.78, 5) is 42.0. The molecule has 6 N–H and O–H groups in total. The molecule has 2 aromatic carbocycles. The third kappa shape index (κ3) is 12.8. The zero-order valence-electron chi connectivity index (χ0n) is 30.0. The first-order chi connectivity index (χ1) is 25.2. The van der Waals surface area contributed by atoms with E-state index >= 15 is 0 Å². The van der Waals surface area contributed by atoms with E-state index < -0.39 is 42.7 Å². The number of benzene rings is 2. The molecule has 0 saturated heterocycles. The number of guanidine groups is 1. The molecule has 1 aliphatic rings. The summed E-state index contributed by atoms with van der Waals surface area (Å²) in [7, 11) is 1.27. The van der Waals surface area contributed by atoms with E-state index in [1.54, 1.807) is 12.1 Å². The molecule has 19 heteroatoms. The van der Waals surface area contributed by atoms with Crippen LogP contribution in [-0.2, 0) is 9.53 Å². The predicted molar refractivity (Wildman–Crippen MR) is 195 cm³/mol. The number of carbonyl (C=O) groups is 2. The van der Waals surface area contributed by atoms with Gasteiger partial charge in [0.2, 0.25) is 12.2 Å². The molecule has 4 rings (SSSR count). The Bertz CT molecular complexity index is 1850. The lowest BCUT2D eigenvalue weighted by Gasteiger charge is -2.33. The van der Waals surface area contributed by atoms with E-state index in [4.69, 9.17) is 37.9 Å². The molecule has 0 aliphatic heterocycles. The fourth-order valence-corrected chi connectivity index (χ4v) is 4.63. The van der Waals surface area contributed by atoms with Crippen LogP contribution in [0, 0.1) is 16.7 Å². The maximum atomic E-state index is 14.0. The van der Waals surface area contributed by atoms with E-state index in [-0.39, 0.29) is 52.7 Å². The Balaban J connectivity index is 0.00000115. The summed E-state index contributed by atoms with van der Waals surface area (Å²) in [5, 5.41) is 8.84. The van der Waals surface area contributed by atoms with Crippen molar-refractivity contribution in [3.8, 4) is 17.2 Å². The Morgan fingerprint density at radius 3 is 2.07 bits per heavy atom. The Labute approximate surface area is 313 Å². The summed E-state index contributed by atoms with van der Waals surface area (Å²) in [5.74, 6) is -1.73. The summed E-state index contributed by atoms with van der Waals surface area (Å²) in [6, 6.07) is 10.4. The second-order valence-corrected chi connectivity index (χ2v) is 13.4. The largest absolute Gasteiger partial charge is 0.417 e. The van der Waals surface area contributed by atoms with Crippen LogP contribution in [0.1, 0.15) is 73.9 Å². The van der Waals surface area contributed by atoms with Gasteiger partial charge in [-0.1, -0.05) is 57.5 Å². The Morgan fingerprint density at radius 1 is 1.07 bits per heavy atom. The Morgan fingerprint density at radius 2 is 1.63 bits per heavy atom. The number of aromatic nitrogens is 2. The van der Waals surface area contributed by atoms with E-state index in [1.807, 2.05) is 6.07 Å². The number of amides is 2. The molecular weight excluding hydrogens is 739 g/mol. The molecule has 1 atom stereocenters. The Kier molecular flexibility index (Phi) is 16.1. The van der Waals surface area contributed by atoms with Gasteiger partial charge < -0.3 is 21.9 Å². The van der Waals surface area contributed by atoms with E-state index in [0.29, 0.717) is 16.5 Å². The number of nitrogens with zero attached hydrogens (tertiary/aromatic N) is 7. The number of amidine groups is 1. The summed E-state index contributed by atoms with van der Waals surface area (Å²) in [5.41, 5.74) is 14.9. The smallest absolute Gasteiger partial charge is 0.390 e. The zero-order chi connectivity index (χ0) is 40.9. The van der Waals surface area contributed by atoms with Gasteiger partial charge in [-0.25, -0.2) is 15.0 Å². The average Bonchev–Trinajstić information content (AvgIpc) is 3.91. The maximum Gasteiger partial charge on any atom is 0.417 e. The number of halogens is 6. The summed E-state index contributed by atoms with van der Waals surface area (Å²) in [6.45, 7) is 4.84. The van der Waals surface area contributed by atoms with Gasteiger partial charge in [-0.15, -0.1) is 0 Å². The first kappa shape index (κ1) is 44.6. The fourth-order valence-electron chi connectivity index (χ4n) is 4.43. The van der Waals surface area contributed by atoms with Crippen LogP contribution in [0.15, 0.2) is 69.8 Å². The summed E-state index contributed by atoms with van der Waals surface area (Å²) in [6.07, 6.45) is -1.46. The molecule has 1 aromatic heterocycles. The number of carbonyl (C=O) groups excluding carboxylic acids is 2. The summed E-state index contributed by atoms with van der Waals surface area (Å²) < 4.78 is 73.4. The van der Waals surface area contributed by atoms with Gasteiger partial charge in [0.1, 0.15) is 6.07 Å². The highest BCUT2D eigenvalue weighted by Gasteiger charge is 2.65. The number of rotatable bonds is 9. The molecule has 0 bridgehead atoms. The third-order valence-corrected chi connectivity index (χ3v) is 7.32. The Hall–Kier alpha value is -5.54. The van der Waals surface area contributed by atoms with Gasteiger partial charge in [-0.05, 0) is 53.6 Å². The molecule has 1 aliphatic carbocycles. The van der Waals surface area contributed by atoms with Gasteiger partial charge in [-0.3, -0.25) is 19.5 Å². The summed E-state index contributed by atoms with van der Waals surface area (Å²) >= 11 is 6.27. The zero-order valence-corrected chi connectivity index (χ0v) is 30.7. The van der Waals surface area contributed by atoms with E-state index in [2.05, 4.69) is 58.4 Å². The van der Waals surface area contributed by atoms with Crippen LogP contribution < -0.4 is 17.2 Å². The lowest BCUT2D eigenvalue weighted by atomic mass is 10.0. The second-order valence-electron chi connectivity index (χ2n) is 12.9. The van der Waals surface area contributed by atoms with Gasteiger partial charge in [-0.2, -0.15) is 32.2 Å². The number of alkyl halides is 5. The molecular formula is C35H40ClF5N10O3. The number of nitrogens with two attached hydrogens (primary N) is 3. The first-order valence-electron chi connectivity index (χ1n) is 15.9. The lowest BCUT2D eigenvalue weighted by molar-refractivity contribution is -0.238. The van der Waals surface area contributed by atoms with Crippen LogP contribution in [0.3, 0.4) is 0 Å². The highest BCUT2D eigenvalue weighted by molar-refractivity contribution is 6.34. The van der Waals surface area contributed by atoms with E-state index in [1.165, 1.54) is 49.8 Å². The predicted octanol–water partition coefficient (Wildman–Crippen LogP) is 6.02. The minimum atomic E-state index is -4.69. The average molecular weight is 779 g/mol. The van der Waals surface area contributed by atoms with Crippen molar-refractivity contribution in [1.29, 1.82) is 5.26 Å². The maximum absolute atomic E-state index is 14.0. The van der Waals surface area contributed by atoms with Crippen molar-refractivity contribution in [1.82, 2.24) is 14.9 Å². The molecule has 0 radical (unpaired) electrons. The van der Waals surface area contributed by atoms with Crippen molar-refractivity contribution in [2.24, 2.45) is 37.6 Å². The van der Waals surface area contributed by atoms with Crippen molar-refractivity contribution in [3.63, 3.8) is 0 Å². The van der Waals surface area contributed by atoms with Crippen LogP contribution >= 0.6 is 11.6 Å². The third-order valence-electron chi connectivity index (χ3n) is 6.99. The fraction of sp³-hybridized carbons (Fsp3) is 0.371. The molecule has 1 fully saturated rings. The number of ether oxygens (including phenoxy) is 1. The minimum absolute atomic E-state index is 0.0277. The van der Waals surface area contributed by atoms with Crippen LogP contribution in [0.2, 0.25) is 5.02 Å². The minimum Gasteiger partial charge on any atom is -0.390 e. The van der Waals surface area contributed by atoms with Crippen LogP contribution in [0.25, 0.3) is 11.1 Å². The molecule has 3 aromatic rings. The van der Waals surface area contributed by atoms with Crippen molar-refractivity contribution >= 4 is 42.1 Å². The van der Waals surface area contributed by atoms with Crippen molar-refractivity contribution in [2.75, 3.05) is 13.7 Å². The first-order valence-corrected chi connectivity index (χ1v) is 16.3. The van der Waals surface area contributed by atoms with Gasteiger partial charge in [0, 0.05) is 36.1 Å². The quantitative estimate of drug-likeness (QED) is 0.0767. The van der Waals surface area contributed by atoms with Crippen molar-refractivity contribution in [3.05, 3.63) is 82.4 Å². The number of hydrogen-bond donors (Lipinski definition) is 3. The van der Waals surface area contributed by atoms with Gasteiger partial charge in [0.05, 0.1) is 24.0 Å². The number of nitriles is 1. The highest BCUT2D eigenvalue weighted by Crippen LogP contribution is 2.52. The van der Waals surface area contributed by atoms with Crippen LogP contribution in [0.4, 0.5) is 22.0 Å².